The van der Waals surface area contributed by atoms with Crippen LogP contribution in [0.2, 0.25) is 0 Å². The zero-order valence-corrected chi connectivity index (χ0v) is 11.8. The fourth-order valence-corrected chi connectivity index (χ4v) is 2.24. The van der Waals surface area contributed by atoms with Crippen molar-refractivity contribution in [3.8, 4) is 0 Å². The van der Waals surface area contributed by atoms with Gasteiger partial charge in [-0.1, -0.05) is 6.92 Å². The molecule has 0 fully saturated rings. The Hall–Kier alpha value is -1.58. The number of carboxylic acid groups (broad SMARTS) is 1. The van der Waals surface area contributed by atoms with E-state index in [1.165, 1.54) is 0 Å². The van der Waals surface area contributed by atoms with Gasteiger partial charge in [0.25, 0.3) is 0 Å². The molecule has 0 saturated carbocycles. The molecule has 4 nitrogen and oxygen atoms in total. The lowest BCUT2D eigenvalue weighted by atomic mass is 10.1. The highest BCUT2D eigenvalue weighted by molar-refractivity contribution is 5.95. The van der Waals surface area contributed by atoms with Gasteiger partial charge in [0.1, 0.15) is 5.56 Å². The molecule has 1 atom stereocenters. The van der Waals surface area contributed by atoms with Crippen molar-refractivity contribution in [1.29, 1.82) is 0 Å². The van der Waals surface area contributed by atoms with Crippen molar-refractivity contribution in [3.63, 3.8) is 0 Å². The minimum atomic E-state index is -0.906. The SMILES string of the molecule is CCC(C)N(CC)c1cc(C)nc(C)c1C(=O)O. The first-order chi connectivity index (χ1) is 8.42. The molecule has 1 aromatic rings. The largest absolute Gasteiger partial charge is 0.478 e. The Labute approximate surface area is 109 Å². The number of aromatic nitrogens is 1. The van der Waals surface area contributed by atoms with Crippen molar-refractivity contribution in [2.45, 2.75) is 47.1 Å². The second kappa shape index (κ2) is 5.85. The van der Waals surface area contributed by atoms with Gasteiger partial charge < -0.3 is 10.0 Å². The van der Waals surface area contributed by atoms with Crippen LogP contribution in [0.3, 0.4) is 0 Å². The Balaban J connectivity index is 3.40. The van der Waals surface area contributed by atoms with Gasteiger partial charge >= 0.3 is 5.97 Å². The van der Waals surface area contributed by atoms with Gasteiger partial charge in [-0.2, -0.15) is 0 Å². The summed E-state index contributed by atoms with van der Waals surface area (Å²) in [6, 6.07) is 2.18. The average Bonchev–Trinajstić information content (AvgIpc) is 2.28. The second-order valence-corrected chi connectivity index (χ2v) is 4.59. The summed E-state index contributed by atoms with van der Waals surface area (Å²) in [6.07, 6.45) is 0.979. The van der Waals surface area contributed by atoms with E-state index in [1.54, 1.807) is 6.92 Å². The van der Waals surface area contributed by atoms with Crippen LogP contribution in [0.1, 0.15) is 48.9 Å². The molecule has 0 aliphatic heterocycles. The minimum Gasteiger partial charge on any atom is -0.478 e. The highest BCUT2D eigenvalue weighted by atomic mass is 16.4. The van der Waals surface area contributed by atoms with E-state index in [1.807, 2.05) is 19.9 Å². The molecule has 0 aliphatic rings. The number of aryl methyl sites for hydroxylation is 2. The molecule has 0 radical (unpaired) electrons. The maximum atomic E-state index is 11.4. The fraction of sp³-hybridized carbons (Fsp3) is 0.571. The van der Waals surface area contributed by atoms with Crippen molar-refractivity contribution in [3.05, 3.63) is 23.0 Å². The van der Waals surface area contributed by atoms with Gasteiger partial charge in [0.15, 0.2) is 0 Å². The quantitative estimate of drug-likeness (QED) is 0.872. The third-order valence-corrected chi connectivity index (χ3v) is 3.29. The Morgan fingerprint density at radius 2 is 2.06 bits per heavy atom. The van der Waals surface area contributed by atoms with Crippen LogP contribution >= 0.6 is 0 Å². The third kappa shape index (κ3) is 2.81. The molecular formula is C14H22N2O2. The van der Waals surface area contributed by atoms with E-state index in [0.29, 0.717) is 17.3 Å². The predicted octanol–water partition coefficient (Wildman–Crippen LogP) is 3.02. The molecule has 0 aromatic carbocycles. The number of hydrogen-bond acceptors (Lipinski definition) is 3. The molecule has 1 heterocycles. The lowest BCUT2D eigenvalue weighted by Crippen LogP contribution is -2.34. The van der Waals surface area contributed by atoms with Crippen LogP contribution in [0, 0.1) is 13.8 Å². The van der Waals surface area contributed by atoms with Crippen LogP contribution < -0.4 is 4.90 Å². The minimum absolute atomic E-state index is 0.314. The number of aromatic carboxylic acids is 1. The summed E-state index contributed by atoms with van der Waals surface area (Å²) < 4.78 is 0. The summed E-state index contributed by atoms with van der Waals surface area (Å²) in [7, 11) is 0. The van der Waals surface area contributed by atoms with Crippen molar-refractivity contribution < 1.29 is 9.90 Å². The van der Waals surface area contributed by atoms with E-state index in [4.69, 9.17) is 0 Å². The number of nitrogens with zero attached hydrogens (tertiary/aromatic N) is 2. The van der Waals surface area contributed by atoms with Crippen LogP contribution in [0.4, 0.5) is 5.69 Å². The highest BCUT2D eigenvalue weighted by Crippen LogP contribution is 2.26. The Kier molecular flexibility index (Phi) is 4.70. The van der Waals surface area contributed by atoms with E-state index in [0.717, 1.165) is 24.3 Å². The smallest absolute Gasteiger partial charge is 0.339 e. The van der Waals surface area contributed by atoms with E-state index in [2.05, 4.69) is 23.7 Å². The van der Waals surface area contributed by atoms with E-state index < -0.39 is 5.97 Å². The predicted molar refractivity (Wildman–Crippen MR) is 73.4 cm³/mol. The molecule has 0 aliphatic carbocycles. The number of anilines is 1. The first-order valence-electron chi connectivity index (χ1n) is 6.40. The number of carbonyl (C=O) groups is 1. The topological polar surface area (TPSA) is 53.4 Å². The molecule has 0 spiro atoms. The molecule has 1 N–H and O–H groups in total. The van der Waals surface area contributed by atoms with Crippen molar-refractivity contribution in [1.82, 2.24) is 4.98 Å². The van der Waals surface area contributed by atoms with Gasteiger partial charge in [-0.3, -0.25) is 4.98 Å². The maximum absolute atomic E-state index is 11.4. The molecule has 100 valence electrons. The van der Waals surface area contributed by atoms with Crippen molar-refractivity contribution >= 4 is 11.7 Å². The number of carboxylic acids is 1. The standard InChI is InChI=1S/C14H22N2O2/c1-6-10(4)16(7-2)12-8-9(3)15-11(5)13(12)14(17)18/h8,10H,6-7H2,1-5H3,(H,17,18). The Morgan fingerprint density at radius 3 is 2.50 bits per heavy atom. The van der Waals surface area contributed by atoms with Gasteiger partial charge in [0, 0.05) is 18.3 Å². The summed E-state index contributed by atoms with van der Waals surface area (Å²) in [5, 5.41) is 9.37. The molecule has 0 amide bonds. The van der Waals surface area contributed by atoms with E-state index in [9.17, 15) is 9.90 Å². The van der Waals surface area contributed by atoms with Crippen LogP contribution in [0.5, 0.6) is 0 Å². The second-order valence-electron chi connectivity index (χ2n) is 4.59. The van der Waals surface area contributed by atoms with Crippen LogP contribution in [0.25, 0.3) is 0 Å². The van der Waals surface area contributed by atoms with Crippen LogP contribution in [-0.4, -0.2) is 28.6 Å². The molecule has 0 bridgehead atoms. The van der Waals surface area contributed by atoms with Gasteiger partial charge in [-0.25, -0.2) is 4.79 Å². The zero-order chi connectivity index (χ0) is 13.9. The summed E-state index contributed by atoms with van der Waals surface area (Å²) >= 11 is 0. The van der Waals surface area contributed by atoms with E-state index >= 15 is 0 Å². The van der Waals surface area contributed by atoms with Gasteiger partial charge in [-0.15, -0.1) is 0 Å². The number of rotatable bonds is 5. The van der Waals surface area contributed by atoms with Gasteiger partial charge in [-0.05, 0) is 40.2 Å². The molecular weight excluding hydrogens is 228 g/mol. The van der Waals surface area contributed by atoms with Crippen molar-refractivity contribution in [2.24, 2.45) is 0 Å². The van der Waals surface area contributed by atoms with Gasteiger partial charge in [0.2, 0.25) is 0 Å². The summed E-state index contributed by atoms with van der Waals surface area (Å²) in [5.41, 5.74) is 2.54. The Morgan fingerprint density at radius 1 is 1.44 bits per heavy atom. The lowest BCUT2D eigenvalue weighted by molar-refractivity contribution is 0.0696. The monoisotopic (exact) mass is 250 g/mol. The number of pyridine rings is 1. The van der Waals surface area contributed by atoms with Gasteiger partial charge in [0.05, 0.1) is 11.4 Å². The average molecular weight is 250 g/mol. The molecule has 1 aromatic heterocycles. The number of hydrogen-bond donors (Lipinski definition) is 1. The summed E-state index contributed by atoms with van der Waals surface area (Å²) in [6.45, 7) is 10.7. The molecule has 18 heavy (non-hydrogen) atoms. The molecule has 0 saturated heterocycles. The first kappa shape index (κ1) is 14.5. The zero-order valence-electron chi connectivity index (χ0n) is 11.8. The highest BCUT2D eigenvalue weighted by Gasteiger charge is 2.21. The van der Waals surface area contributed by atoms with Crippen LogP contribution in [0.15, 0.2) is 6.07 Å². The normalized spacial score (nSPS) is 12.3. The lowest BCUT2D eigenvalue weighted by Gasteiger charge is -2.31. The molecule has 4 heteroatoms. The summed E-state index contributed by atoms with van der Waals surface area (Å²) in [5.74, 6) is -0.906. The molecule has 1 unspecified atom stereocenters. The molecule has 1 rings (SSSR count). The fourth-order valence-electron chi connectivity index (χ4n) is 2.24. The van der Waals surface area contributed by atoms with Crippen LogP contribution in [-0.2, 0) is 0 Å². The maximum Gasteiger partial charge on any atom is 0.339 e. The Bertz CT molecular complexity index is 444. The summed E-state index contributed by atoms with van der Waals surface area (Å²) in [4.78, 5) is 17.8. The van der Waals surface area contributed by atoms with E-state index in [-0.39, 0.29) is 0 Å². The third-order valence-electron chi connectivity index (χ3n) is 3.29. The van der Waals surface area contributed by atoms with Crippen molar-refractivity contribution in [2.75, 3.05) is 11.4 Å². The first-order valence-corrected chi connectivity index (χ1v) is 6.40.